The molecule has 0 saturated heterocycles. The van der Waals surface area contributed by atoms with Crippen molar-refractivity contribution in [2.45, 2.75) is 82.8 Å². The Hall–Kier alpha value is -3.06. The summed E-state index contributed by atoms with van der Waals surface area (Å²) in [7, 11) is 1.63. The zero-order chi connectivity index (χ0) is 30.9. The van der Waals surface area contributed by atoms with Crippen molar-refractivity contribution in [1.82, 2.24) is 10.2 Å². The maximum Gasteiger partial charge on any atom is 0.490 e. The number of benzene rings is 1. The lowest BCUT2D eigenvalue weighted by molar-refractivity contribution is -0.192. The van der Waals surface area contributed by atoms with Gasteiger partial charge in [-0.25, -0.2) is 9.79 Å². The lowest BCUT2D eigenvalue weighted by Gasteiger charge is -2.39. The van der Waals surface area contributed by atoms with Crippen LogP contribution >= 0.6 is 11.6 Å². The average Bonchev–Trinajstić information content (AvgIpc) is 3.59. The molecule has 4 N–H and O–H groups in total. The van der Waals surface area contributed by atoms with Crippen LogP contribution in [-0.2, 0) is 19.1 Å². The highest BCUT2D eigenvalue weighted by Crippen LogP contribution is 2.47. The van der Waals surface area contributed by atoms with E-state index in [0.29, 0.717) is 36.6 Å². The molecular weight excluding hydrogens is 569 g/mol. The molecule has 0 aromatic heterocycles. The first kappa shape index (κ1) is 32.5. The number of carboxylic acid groups (broad SMARTS) is 1. The minimum atomic E-state index is -5.08. The number of hydrogen-bond donors (Lipinski definition) is 3. The Labute approximate surface area is 241 Å². The number of aliphatic carboxylic acids is 1. The number of guanidine groups is 1. The Morgan fingerprint density at radius 3 is 2.51 bits per heavy atom. The van der Waals surface area contributed by atoms with Crippen LogP contribution in [0, 0.1) is 11.8 Å². The molecule has 1 fully saturated rings. The third-order valence-corrected chi connectivity index (χ3v) is 7.47. The number of carboxylic acids is 1. The molecular formula is C27H36ClF3N4O6. The fraction of sp³-hybridized carbons (Fsp3) is 0.630. The zero-order valence-electron chi connectivity index (χ0n) is 23.5. The Morgan fingerprint density at radius 2 is 1.95 bits per heavy atom. The molecule has 1 aromatic carbocycles. The van der Waals surface area contributed by atoms with Gasteiger partial charge >= 0.3 is 12.1 Å². The fourth-order valence-electron chi connectivity index (χ4n) is 5.34. The number of nitrogens with one attached hydrogen (secondary N) is 1. The van der Waals surface area contributed by atoms with Gasteiger partial charge in [-0.1, -0.05) is 17.7 Å². The Balaban J connectivity index is 0.000000587. The van der Waals surface area contributed by atoms with Crippen LogP contribution in [0.15, 0.2) is 23.2 Å². The third kappa shape index (κ3) is 8.03. The number of amides is 2. The van der Waals surface area contributed by atoms with E-state index in [9.17, 15) is 22.8 Å². The number of carbonyl (C=O) groups is 3. The number of nitrogens with two attached hydrogens (primary N) is 1. The van der Waals surface area contributed by atoms with Crippen molar-refractivity contribution in [1.29, 1.82) is 0 Å². The molecule has 10 nitrogen and oxygen atoms in total. The number of methoxy groups -OCH3 is 1. The molecule has 41 heavy (non-hydrogen) atoms. The summed E-state index contributed by atoms with van der Waals surface area (Å²) < 4.78 is 43.1. The van der Waals surface area contributed by atoms with Crippen molar-refractivity contribution in [2.75, 3.05) is 13.7 Å². The SMILES string of the molecule is COCC[C@H]([C@@H]1C[C@H]1C(=O)NC1CC(C)(C)Oc2cccc(Cl)c21)N1C(=O)CC(C)(C)N=C1N.O=C(O)C(F)(F)F. The largest absolute Gasteiger partial charge is 0.490 e. The smallest absolute Gasteiger partial charge is 0.487 e. The standard InChI is InChI=1S/C25H35ClN4O4.C2HF3O2/c1-24(2)13-20(31)30(23(27)29-24)18(9-10-33-5)14-11-15(14)22(32)28-17-12-25(3,4)34-19-8-6-7-16(26)21(17)19;3-2(4,5)1(6)7/h6-8,14-15,17-18H,9-13H2,1-5H3,(H2,27,29)(H,28,32);(H,6,7)/t14-,15-,17?,18-;/m1./s1. The second-order valence-electron chi connectivity index (χ2n) is 11.7. The Morgan fingerprint density at radius 1 is 1.32 bits per heavy atom. The average molecular weight is 605 g/mol. The monoisotopic (exact) mass is 604 g/mol. The molecule has 0 radical (unpaired) electrons. The van der Waals surface area contributed by atoms with Gasteiger partial charge in [0.05, 0.1) is 18.0 Å². The summed E-state index contributed by atoms with van der Waals surface area (Å²) in [4.78, 5) is 41.4. The first-order valence-corrected chi connectivity index (χ1v) is 13.5. The van der Waals surface area contributed by atoms with Gasteiger partial charge in [-0.3, -0.25) is 14.5 Å². The summed E-state index contributed by atoms with van der Waals surface area (Å²) in [6.45, 7) is 8.26. The summed E-state index contributed by atoms with van der Waals surface area (Å²) in [5.41, 5.74) is 6.10. The molecule has 1 aromatic rings. The lowest BCUT2D eigenvalue weighted by Crippen LogP contribution is -2.55. The summed E-state index contributed by atoms with van der Waals surface area (Å²) in [5.74, 6) is -2.16. The van der Waals surface area contributed by atoms with Gasteiger partial charge < -0.3 is 25.6 Å². The van der Waals surface area contributed by atoms with Crippen LogP contribution in [0.3, 0.4) is 0 Å². The highest BCUT2D eigenvalue weighted by Gasteiger charge is 2.52. The molecule has 1 unspecified atom stereocenters. The van der Waals surface area contributed by atoms with Gasteiger partial charge in [0, 0.05) is 42.7 Å². The van der Waals surface area contributed by atoms with E-state index in [1.807, 2.05) is 45.9 Å². The summed E-state index contributed by atoms with van der Waals surface area (Å²) in [6, 6.07) is 5.07. The molecule has 2 aliphatic heterocycles. The third-order valence-electron chi connectivity index (χ3n) is 7.14. The van der Waals surface area contributed by atoms with E-state index in [1.54, 1.807) is 12.0 Å². The number of alkyl halides is 3. The van der Waals surface area contributed by atoms with Gasteiger partial charge in [0.25, 0.3) is 0 Å². The molecule has 3 aliphatic rings. The normalized spacial score (nSPS) is 25.0. The van der Waals surface area contributed by atoms with Crippen molar-refractivity contribution in [3.05, 3.63) is 28.8 Å². The number of halogens is 4. The highest BCUT2D eigenvalue weighted by atomic mass is 35.5. The van der Waals surface area contributed by atoms with E-state index in [0.717, 1.165) is 5.56 Å². The Bertz CT molecular complexity index is 1210. The maximum absolute atomic E-state index is 13.4. The lowest BCUT2D eigenvalue weighted by atomic mass is 9.89. The van der Waals surface area contributed by atoms with Gasteiger partial charge in [0.1, 0.15) is 11.4 Å². The summed E-state index contributed by atoms with van der Waals surface area (Å²) >= 11 is 6.49. The van der Waals surface area contributed by atoms with Crippen LogP contribution in [0.25, 0.3) is 0 Å². The molecule has 1 aliphatic carbocycles. The number of hydrogen-bond acceptors (Lipinski definition) is 7. The quantitative estimate of drug-likeness (QED) is 0.426. The molecule has 4 atom stereocenters. The van der Waals surface area contributed by atoms with Crippen LogP contribution in [-0.4, -0.2) is 70.8 Å². The first-order valence-electron chi connectivity index (χ1n) is 13.1. The predicted octanol–water partition coefficient (Wildman–Crippen LogP) is 4.06. The van der Waals surface area contributed by atoms with Crippen LogP contribution < -0.4 is 15.8 Å². The van der Waals surface area contributed by atoms with E-state index in [-0.39, 0.29) is 48.1 Å². The second-order valence-corrected chi connectivity index (χ2v) is 12.1. The minimum absolute atomic E-state index is 0.00683. The van der Waals surface area contributed by atoms with Gasteiger partial charge in [0.2, 0.25) is 11.8 Å². The van der Waals surface area contributed by atoms with Crippen LogP contribution in [0.2, 0.25) is 5.02 Å². The first-order chi connectivity index (χ1) is 18.9. The van der Waals surface area contributed by atoms with Crippen LogP contribution in [0.4, 0.5) is 13.2 Å². The van der Waals surface area contributed by atoms with Gasteiger partial charge in [-0.05, 0) is 58.6 Å². The van der Waals surface area contributed by atoms with Gasteiger partial charge in [-0.15, -0.1) is 0 Å². The highest BCUT2D eigenvalue weighted by molar-refractivity contribution is 6.31. The number of aliphatic imine (C=N–C) groups is 1. The maximum atomic E-state index is 13.4. The summed E-state index contributed by atoms with van der Waals surface area (Å²) in [5, 5.41) is 10.9. The van der Waals surface area contributed by atoms with Gasteiger partial charge in [-0.2, -0.15) is 13.2 Å². The molecule has 14 heteroatoms. The molecule has 0 bridgehead atoms. The van der Waals surface area contributed by atoms with Crippen LogP contribution in [0.1, 0.15) is 65.0 Å². The van der Waals surface area contributed by atoms with E-state index < -0.39 is 23.3 Å². The van der Waals surface area contributed by atoms with Crippen molar-refractivity contribution in [3.63, 3.8) is 0 Å². The van der Waals surface area contributed by atoms with Crippen molar-refractivity contribution in [3.8, 4) is 5.75 Å². The molecule has 2 heterocycles. The molecule has 2 amide bonds. The molecule has 0 spiro atoms. The topological polar surface area (TPSA) is 144 Å². The summed E-state index contributed by atoms with van der Waals surface area (Å²) in [6.07, 6.45) is -2.92. The fourth-order valence-corrected chi connectivity index (χ4v) is 5.63. The number of nitrogens with zero attached hydrogens (tertiary/aromatic N) is 2. The second kappa shape index (κ2) is 12.0. The van der Waals surface area contributed by atoms with Crippen LogP contribution in [0.5, 0.6) is 5.75 Å². The van der Waals surface area contributed by atoms with Crippen molar-refractivity contribution in [2.24, 2.45) is 22.6 Å². The molecule has 228 valence electrons. The Kier molecular flexibility index (Phi) is 9.53. The molecule has 1 saturated carbocycles. The number of carbonyl (C=O) groups excluding carboxylic acids is 2. The van der Waals surface area contributed by atoms with E-state index in [4.69, 9.17) is 36.7 Å². The van der Waals surface area contributed by atoms with E-state index in [2.05, 4.69) is 10.3 Å². The predicted molar refractivity (Wildman–Crippen MR) is 144 cm³/mol. The van der Waals surface area contributed by atoms with Crippen molar-refractivity contribution >= 4 is 35.3 Å². The number of ether oxygens (including phenoxy) is 2. The zero-order valence-corrected chi connectivity index (χ0v) is 24.3. The van der Waals surface area contributed by atoms with E-state index >= 15 is 0 Å². The number of fused-ring (bicyclic) bond motifs is 1. The molecule has 4 rings (SSSR count). The van der Waals surface area contributed by atoms with Gasteiger partial charge in [0.15, 0.2) is 5.96 Å². The number of rotatable bonds is 7. The van der Waals surface area contributed by atoms with Crippen molar-refractivity contribution < 1.29 is 42.1 Å². The minimum Gasteiger partial charge on any atom is -0.487 e. The van der Waals surface area contributed by atoms with E-state index in [1.165, 1.54) is 0 Å².